The number of nitrogens with one attached hydrogen (secondary N) is 1. The Morgan fingerprint density at radius 3 is 2.68 bits per heavy atom. The van der Waals surface area contributed by atoms with Gasteiger partial charge in [0, 0.05) is 4.90 Å². The molecule has 130 valence electrons. The van der Waals surface area contributed by atoms with Gasteiger partial charge in [0.25, 0.3) is 0 Å². The number of esters is 1. The Morgan fingerprint density at radius 2 is 1.88 bits per heavy atom. The van der Waals surface area contributed by atoms with Gasteiger partial charge in [-0.15, -0.1) is 11.8 Å². The lowest BCUT2D eigenvalue weighted by molar-refractivity contribution is -0.145. The molecule has 0 saturated heterocycles. The molecule has 0 radical (unpaired) electrons. The van der Waals surface area contributed by atoms with Gasteiger partial charge in [-0.3, -0.25) is 9.59 Å². The molecule has 0 fully saturated rings. The average Bonchev–Trinajstić information content (AvgIpc) is 2.61. The number of amides is 1. The summed E-state index contributed by atoms with van der Waals surface area (Å²) in [5.74, 6) is -0.516. The Kier molecular flexibility index (Phi) is 5.55. The van der Waals surface area contributed by atoms with Gasteiger partial charge in [0.2, 0.25) is 5.91 Å². The van der Waals surface area contributed by atoms with Crippen LogP contribution >= 0.6 is 11.8 Å². The Morgan fingerprint density at radius 1 is 1.12 bits per heavy atom. The van der Waals surface area contributed by atoms with E-state index < -0.39 is 11.2 Å². The van der Waals surface area contributed by atoms with E-state index in [-0.39, 0.29) is 31.4 Å². The lowest BCUT2D eigenvalue weighted by Gasteiger charge is -2.23. The Hall–Kier alpha value is -2.54. The topological polar surface area (TPSA) is 64.6 Å². The van der Waals surface area contributed by atoms with Gasteiger partial charge in [0.1, 0.15) is 24.8 Å². The number of carbonyl (C=O) groups excluding carboxylic acids is 2. The first-order chi connectivity index (χ1) is 12.1. The number of thioether (sulfide) groups is 1. The number of halogens is 1. The second kappa shape index (κ2) is 8.02. The Balaban J connectivity index is 1.42. The fraction of sp³-hybridized carbons (Fsp3) is 0.222. The van der Waals surface area contributed by atoms with Crippen LogP contribution in [0.1, 0.15) is 6.42 Å². The number of ether oxygens (including phenoxy) is 2. The summed E-state index contributed by atoms with van der Waals surface area (Å²) in [5, 5.41) is 2.27. The minimum Gasteiger partial charge on any atom is -0.490 e. The standard InChI is InChI=1S/C18H16FNO4S/c19-12-5-7-13(8-6-12)23-9-10-24-17(21)11-16-18(22)20-14-3-1-2-4-15(14)25-16/h1-8,16H,9-11H2,(H,20,22). The number of para-hydroxylation sites is 1. The molecule has 0 aromatic heterocycles. The predicted molar refractivity (Wildman–Crippen MR) is 92.2 cm³/mol. The Labute approximate surface area is 148 Å². The fourth-order valence-corrected chi connectivity index (χ4v) is 3.38. The van der Waals surface area contributed by atoms with Crippen LogP contribution in [0.4, 0.5) is 10.1 Å². The third kappa shape index (κ3) is 4.73. The molecule has 3 rings (SSSR count). The largest absolute Gasteiger partial charge is 0.490 e. The van der Waals surface area contributed by atoms with E-state index in [2.05, 4.69) is 5.32 Å². The normalized spacial score (nSPS) is 15.9. The van der Waals surface area contributed by atoms with E-state index in [0.29, 0.717) is 5.75 Å². The predicted octanol–water partition coefficient (Wildman–Crippen LogP) is 3.25. The van der Waals surface area contributed by atoms with Gasteiger partial charge in [-0.05, 0) is 36.4 Å². The van der Waals surface area contributed by atoms with Crippen LogP contribution in [0.15, 0.2) is 53.4 Å². The molecule has 0 aliphatic carbocycles. The van der Waals surface area contributed by atoms with Crippen molar-refractivity contribution in [2.45, 2.75) is 16.6 Å². The van der Waals surface area contributed by atoms with Crippen molar-refractivity contribution in [1.29, 1.82) is 0 Å². The highest BCUT2D eigenvalue weighted by Crippen LogP contribution is 2.36. The molecule has 0 bridgehead atoms. The van der Waals surface area contributed by atoms with Crippen LogP contribution in [0, 0.1) is 5.82 Å². The van der Waals surface area contributed by atoms with E-state index in [1.807, 2.05) is 24.3 Å². The van der Waals surface area contributed by atoms with E-state index in [0.717, 1.165) is 10.6 Å². The molecule has 1 heterocycles. The van der Waals surface area contributed by atoms with Crippen molar-refractivity contribution < 1.29 is 23.5 Å². The number of rotatable bonds is 6. The zero-order valence-electron chi connectivity index (χ0n) is 13.2. The summed E-state index contributed by atoms with van der Waals surface area (Å²) in [5.41, 5.74) is 0.759. The number of benzene rings is 2. The van der Waals surface area contributed by atoms with E-state index in [1.165, 1.54) is 36.0 Å². The highest BCUT2D eigenvalue weighted by molar-refractivity contribution is 8.01. The summed E-state index contributed by atoms with van der Waals surface area (Å²) in [7, 11) is 0. The van der Waals surface area contributed by atoms with Crippen molar-refractivity contribution in [2.75, 3.05) is 18.5 Å². The van der Waals surface area contributed by atoms with Crippen LogP contribution in [0.25, 0.3) is 0 Å². The molecular formula is C18H16FNO4S. The molecule has 5 nitrogen and oxygen atoms in total. The number of fused-ring (bicyclic) bond motifs is 1. The average molecular weight is 361 g/mol. The zero-order chi connectivity index (χ0) is 17.6. The van der Waals surface area contributed by atoms with Gasteiger partial charge in [0.05, 0.1) is 17.4 Å². The summed E-state index contributed by atoms with van der Waals surface area (Å²) in [6.45, 7) is 0.218. The molecule has 1 aliphatic rings. The van der Waals surface area contributed by atoms with Gasteiger partial charge in [-0.2, -0.15) is 0 Å². The molecule has 0 spiro atoms. The number of hydrogen-bond donors (Lipinski definition) is 1. The molecule has 1 amide bonds. The molecule has 1 aliphatic heterocycles. The fourth-order valence-electron chi connectivity index (χ4n) is 2.28. The SMILES string of the molecule is O=C(CC1Sc2ccccc2NC1=O)OCCOc1ccc(F)cc1. The Bertz CT molecular complexity index is 766. The number of carbonyl (C=O) groups is 2. The lowest BCUT2D eigenvalue weighted by Crippen LogP contribution is -2.31. The van der Waals surface area contributed by atoms with Crippen molar-refractivity contribution in [3.05, 3.63) is 54.3 Å². The number of anilines is 1. The van der Waals surface area contributed by atoms with E-state index in [4.69, 9.17) is 9.47 Å². The number of hydrogen-bond acceptors (Lipinski definition) is 5. The van der Waals surface area contributed by atoms with Crippen LogP contribution in [-0.4, -0.2) is 30.3 Å². The quantitative estimate of drug-likeness (QED) is 0.632. The van der Waals surface area contributed by atoms with E-state index in [1.54, 1.807) is 0 Å². The summed E-state index contributed by atoms with van der Waals surface area (Å²) in [4.78, 5) is 24.9. The van der Waals surface area contributed by atoms with Crippen molar-refractivity contribution in [3.63, 3.8) is 0 Å². The lowest BCUT2D eigenvalue weighted by atomic mass is 10.2. The van der Waals surface area contributed by atoms with Gasteiger partial charge >= 0.3 is 5.97 Å². The van der Waals surface area contributed by atoms with Gasteiger partial charge in [-0.1, -0.05) is 12.1 Å². The summed E-state index contributed by atoms with van der Waals surface area (Å²) in [6.07, 6.45) is -0.0125. The van der Waals surface area contributed by atoms with E-state index >= 15 is 0 Å². The first kappa shape index (κ1) is 17.3. The highest BCUT2D eigenvalue weighted by atomic mass is 32.2. The monoisotopic (exact) mass is 361 g/mol. The van der Waals surface area contributed by atoms with Crippen LogP contribution in [0.5, 0.6) is 5.75 Å². The molecule has 2 aromatic rings. The van der Waals surface area contributed by atoms with Crippen molar-refractivity contribution in [3.8, 4) is 5.75 Å². The first-order valence-electron chi connectivity index (χ1n) is 7.72. The van der Waals surface area contributed by atoms with Crippen LogP contribution < -0.4 is 10.1 Å². The second-order valence-corrected chi connectivity index (χ2v) is 6.56. The molecule has 1 atom stereocenters. The third-order valence-corrected chi connectivity index (χ3v) is 4.76. The summed E-state index contributed by atoms with van der Waals surface area (Å²) in [6, 6.07) is 13.0. The van der Waals surface area contributed by atoms with Crippen LogP contribution in [0.2, 0.25) is 0 Å². The minimum atomic E-state index is -0.514. The maximum atomic E-state index is 12.8. The van der Waals surface area contributed by atoms with Gasteiger partial charge < -0.3 is 14.8 Å². The van der Waals surface area contributed by atoms with Crippen molar-refractivity contribution in [2.24, 2.45) is 0 Å². The van der Waals surface area contributed by atoms with Gasteiger partial charge in [-0.25, -0.2) is 4.39 Å². The van der Waals surface area contributed by atoms with Crippen molar-refractivity contribution in [1.82, 2.24) is 0 Å². The summed E-state index contributed by atoms with van der Waals surface area (Å²) < 4.78 is 23.2. The molecular weight excluding hydrogens is 345 g/mol. The highest BCUT2D eigenvalue weighted by Gasteiger charge is 2.29. The summed E-state index contributed by atoms with van der Waals surface area (Å²) >= 11 is 1.35. The van der Waals surface area contributed by atoms with Gasteiger partial charge in [0.15, 0.2) is 0 Å². The second-order valence-electron chi connectivity index (χ2n) is 5.32. The molecule has 1 N–H and O–H groups in total. The minimum absolute atomic E-state index is 0.0125. The maximum Gasteiger partial charge on any atom is 0.307 e. The maximum absolute atomic E-state index is 12.8. The van der Waals surface area contributed by atoms with Crippen LogP contribution in [-0.2, 0) is 14.3 Å². The molecule has 0 saturated carbocycles. The first-order valence-corrected chi connectivity index (χ1v) is 8.60. The zero-order valence-corrected chi connectivity index (χ0v) is 14.1. The molecule has 7 heteroatoms. The van der Waals surface area contributed by atoms with E-state index in [9.17, 15) is 14.0 Å². The molecule has 1 unspecified atom stereocenters. The van der Waals surface area contributed by atoms with Crippen LogP contribution in [0.3, 0.4) is 0 Å². The van der Waals surface area contributed by atoms with Crippen molar-refractivity contribution >= 4 is 29.3 Å². The smallest absolute Gasteiger partial charge is 0.307 e. The molecule has 2 aromatic carbocycles. The molecule has 25 heavy (non-hydrogen) atoms. The third-order valence-electron chi connectivity index (χ3n) is 3.49.